The van der Waals surface area contributed by atoms with Crippen LogP contribution in [0.2, 0.25) is 0 Å². The quantitative estimate of drug-likeness (QED) is 0.871. The van der Waals surface area contributed by atoms with Crippen LogP contribution in [0.3, 0.4) is 0 Å². The number of anilines is 1. The van der Waals surface area contributed by atoms with Gasteiger partial charge in [-0.2, -0.15) is 0 Å². The Morgan fingerprint density at radius 1 is 1.07 bits per heavy atom. The zero-order chi connectivity index (χ0) is 20.9. The fourth-order valence-electron chi connectivity index (χ4n) is 4.91. The number of fused-ring (bicyclic) bond motifs is 2. The van der Waals surface area contributed by atoms with Gasteiger partial charge in [-0.25, -0.2) is 0 Å². The molecule has 2 aliphatic heterocycles. The molecule has 0 radical (unpaired) electrons. The van der Waals surface area contributed by atoms with Crippen LogP contribution in [0.4, 0.5) is 5.69 Å². The van der Waals surface area contributed by atoms with Crippen LogP contribution < -0.4 is 10.6 Å². The van der Waals surface area contributed by atoms with E-state index >= 15 is 0 Å². The number of piperidine rings is 1. The number of hydrogen-bond acceptors (Lipinski definition) is 3. The van der Waals surface area contributed by atoms with Gasteiger partial charge < -0.3 is 15.5 Å². The topological polar surface area (TPSA) is 66.6 Å². The van der Waals surface area contributed by atoms with Gasteiger partial charge in [0, 0.05) is 24.3 Å². The van der Waals surface area contributed by atoms with Gasteiger partial charge in [-0.15, -0.1) is 0 Å². The number of likely N-dealkylation sites (N-methyl/N-ethyl adjacent to an activating group) is 1. The van der Waals surface area contributed by atoms with E-state index in [4.69, 9.17) is 5.73 Å². The Labute approximate surface area is 172 Å². The van der Waals surface area contributed by atoms with Gasteiger partial charge in [-0.1, -0.05) is 24.3 Å². The largest absolute Gasteiger partial charge is 0.366 e. The van der Waals surface area contributed by atoms with E-state index in [1.165, 1.54) is 0 Å². The van der Waals surface area contributed by atoms with Crippen LogP contribution in [-0.4, -0.2) is 42.9 Å². The molecular formula is C24H29N3O2. The van der Waals surface area contributed by atoms with Crippen molar-refractivity contribution >= 4 is 17.5 Å². The summed E-state index contributed by atoms with van der Waals surface area (Å²) >= 11 is 0. The van der Waals surface area contributed by atoms with Crippen LogP contribution in [0.15, 0.2) is 36.4 Å². The van der Waals surface area contributed by atoms with Gasteiger partial charge in [0.05, 0.1) is 5.41 Å². The number of hydrogen-bond donors (Lipinski definition) is 1. The third-order valence-corrected chi connectivity index (χ3v) is 6.81. The minimum absolute atomic E-state index is 0.204. The van der Waals surface area contributed by atoms with Crippen LogP contribution in [0.1, 0.15) is 48.2 Å². The van der Waals surface area contributed by atoms with Crippen molar-refractivity contribution in [1.82, 2.24) is 4.90 Å². The molecule has 1 spiro atoms. The molecule has 0 saturated carbocycles. The van der Waals surface area contributed by atoms with Crippen LogP contribution in [-0.2, 0) is 10.2 Å². The number of amides is 2. The molecule has 5 heteroatoms. The molecule has 0 aromatic heterocycles. The van der Waals surface area contributed by atoms with E-state index < -0.39 is 11.3 Å². The maximum absolute atomic E-state index is 13.3. The molecule has 152 valence electrons. The molecule has 29 heavy (non-hydrogen) atoms. The molecule has 0 aliphatic carbocycles. The van der Waals surface area contributed by atoms with Crippen molar-refractivity contribution in [1.29, 1.82) is 0 Å². The predicted molar refractivity (Wildman–Crippen MR) is 116 cm³/mol. The van der Waals surface area contributed by atoms with Gasteiger partial charge in [0.1, 0.15) is 0 Å². The summed E-state index contributed by atoms with van der Waals surface area (Å²) in [4.78, 5) is 29.3. The Hall–Kier alpha value is -2.66. The lowest BCUT2D eigenvalue weighted by atomic mass is 9.73. The molecule has 0 unspecified atom stereocenters. The summed E-state index contributed by atoms with van der Waals surface area (Å²) in [6.07, 6.45) is 1.72. The monoisotopic (exact) mass is 391 g/mol. The first-order valence-electron chi connectivity index (χ1n) is 10.3. The summed E-state index contributed by atoms with van der Waals surface area (Å²) in [5, 5.41) is 0. The van der Waals surface area contributed by atoms with Crippen LogP contribution in [0.25, 0.3) is 11.1 Å². The SMILES string of the molecule is Cc1ccc(-c2ccc3c(c2)N(C)C(=O)C32CCN(C(C)C)CC2)cc1C(N)=O. The molecule has 5 nitrogen and oxygen atoms in total. The van der Waals surface area contributed by atoms with E-state index in [1.54, 1.807) is 0 Å². The first-order chi connectivity index (χ1) is 13.7. The van der Waals surface area contributed by atoms with Gasteiger partial charge >= 0.3 is 0 Å². The lowest BCUT2D eigenvalue weighted by Gasteiger charge is -2.40. The summed E-state index contributed by atoms with van der Waals surface area (Å²) in [5.74, 6) is -0.219. The maximum Gasteiger partial charge on any atom is 0.248 e. The van der Waals surface area contributed by atoms with Crippen LogP contribution in [0, 0.1) is 6.92 Å². The fraction of sp³-hybridized carbons (Fsp3) is 0.417. The molecular weight excluding hydrogens is 362 g/mol. The highest BCUT2D eigenvalue weighted by atomic mass is 16.2. The van der Waals surface area contributed by atoms with E-state index in [1.807, 2.05) is 37.1 Å². The van der Waals surface area contributed by atoms with E-state index in [0.717, 1.165) is 53.9 Å². The van der Waals surface area contributed by atoms with Gasteiger partial charge in [-0.3, -0.25) is 9.59 Å². The average Bonchev–Trinajstić information content (AvgIpc) is 2.90. The number of carbonyl (C=O) groups is 2. The molecule has 2 heterocycles. The number of nitrogens with two attached hydrogens (primary N) is 1. The summed E-state index contributed by atoms with van der Waals surface area (Å²) in [5.41, 5.74) is 10.6. The molecule has 2 N–H and O–H groups in total. The fourth-order valence-corrected chi connectivity index (χ4v) is 4.91. The van der Waals surface area contributed by atoms with Crippen molar-refractivity contribution in [3.63, 3.8) is 0 Å². The molecule has 4 rings (SSSR count). The number of likely N-dealkylation sites (tertiary alicyclic amines) is 1. The second kappa shape index (κ2) is 6.99. The van der Waals surface area contributed by atoms with E-state index in [0.29, 0.717) is 11.6 Å². The first-order valence-corrected chi connectivity index (χ1v) is 10.3. The number of nitrogens with zero attached hydrogens (tertiary/aromatic N) is 2. The zero-order valence-corrected chi connectivity index (χ0v) is 17.7. The van der Waals surface area contributed by atoms with Gasteiger partial charge in [0.2, 0.25) is 11.8 Å². The lowest BCUT2D eigenvalue weighted by molar-refractivity contribution is -0.124. The Balaban J connectivity index is 1.73. The standard InChI is InChI=1S/C24H29N3O2/c1-15(2)27-11-9-24(10-12-27)20-8-7-18(14-21(20)26(4)23(24)29)17-6-5-16(3)19(13-17)22(25)28/h5-8,13-15H,9-12H2,1-4H3,(H2,25,28). The third kappa shape index (κ3) is 3.04. The molecule has 2 aromatic carbocycles. The first kappa shape index (κ1) is 19.6. The minimum atomic E-state index is -0.423. The van der Waals surface area contributed by atoms with Crippen molar-refractivity contribution in [2.45, 2.75) is 45.1 Å². The summed E-state index contributed by atoms with van der Waals surface area (Å²) in [6, 6.07) is 12.5. The number of primary amides is 1. The number of benzene rings is 2. The smallest absolute Gasteiger partial charge is 0.248 e. The second-order valence-corrected chi connectivity index (χ2v) is 8.70. The van der Waals surface area contributed by atoms with E-state index in [-0.39, 0.29) is 5.91 Å². The summed E-state index contributed by atoms with van der Waals surface area (Å²) < 4.78 is 0. The van der Waals surface area contributed by atoms with E-state index in [9.17, 15) is 9.59 Å². The summed E-state index contributed by atoms with van der Waals surface area (Å²) in [7, 11) is 1.87. The highest BCUT2D eigenvalue weighted by Crippen LogP contribution is 2.48. The maximum atomic E-state index is 13.3. The Morgan fingerprint density at radius 2 is 1.69 bits per heavy atom. The third-order valence-electron chi connectivity index (χ3n) is 6.81. The van der Waals surface area contributed by atoms with Gasteiger partial charge in [0.25, 0.3) is 0 Å². The summed E-state index contributed by atoms with van der Waals surface area (Å²) in [6.45, 7) is 8.19. The minimum Gasteiger partial charge on any atom is -0.366 e. The zero-order valence-electron chi connectivity index (χ0n) is 17.7. The average molecular weight is 392 g/mol. The number of carbonyl (C=O) groups excluding carboxylic acids is 2. The molecule has 2 aromatic rings. The number of aryl methyl sites for hydroxylation is 1. The second-order valence-electron chi connectivity index (χ2n) is 8.70. The highest BCUT2D eigenvalue weighted by Gasteiger charge is 2.51. The molecule has 0 atom stereocenters. The lowest BCUT2D eigenvalue weighted by Crippen LogP contribution is -2.49. The van der Waals surface area contributed by atoms with Gasteiger partial charge in [-0.05, 0) is 81.1 Å². The van der Waals surface area contributed by atoms with Crippen molar-refractivity contribution < 1.29 is 9.59 Å². The van der Waals surface area contributed by atoms with Crippen molar-refractivity contribution in [3.05, 3.63) is 53.1 Å². The van der Waals surface area contributed by atoms with Crippen LogP contribution >= 0.6 is 0 Å². The van der Waals surface area contributed by atoms with Crippen LogP contribution in [0.5, 0.6) is 0 Å². The Bertz CT molecular complexity index is 988. The number of rotatable bonds is 3. The Morgan fingerprint density at radius 3 is 2.31 bits per heavy atom. The van der Waals surface area contributed by atoms with Crippen molar-refractivity contribution in [3.8, 4) is 11.1 Å². The molecule has 2 aliphatic rings. The Kier molecular flexibility index (Phi) is 4.74. The molecule has 2 amide bonds. The molecule has 0 bridgehead atoms. The van der Waals surface area contributed by atoms with Crippen molar-refractivity contribution in [2.24, 2.45) is 5.73 Å². The molecule has 1 fully saturated rings. The van der Waals surface area contributed by atoms with Crippen molar-refractivity contribution in [2.75, 3.05) is 25.0 Å². The molecule has 1 saturated heterocycles. The highest BCUT2D eigenvalue weighted by molar-refractivity contribution is 6.08. The normalized spacial score (nSPS) is 18.5. The van der Waals surface area contributed by atoms with E-state index in [2.05, 4.69) is 36.9 Å². The predicted octanol–water partition coefficient (Wildman–Crippen LogP) is 3.48. The van der Waals surface area contributed by atoms with Gasteiger partial charge in [0.15, 0.2) is 0 Å².